The summed E-state index contributed by atoms with van der Waals surface area (Å²) in [7, 11) is 0. The normalized spacial score (nSPS) is 10.9. The highest BCUT2D eigenvalue weighted by molar-refractivity contribution is 5.74. The molecule has 20 heteroatoms. The van der Waals surface area contributed by atoms with Gasteiger partial charge in [0.2, 0.25) is 0 Å². The maximum Gasteiger partial charge on any atom is 0.317 e. The largest absolute Gasteiger partial charge is 0.480 e. The number of nitrogens with zero attached hydrogens (tertiary/aromatic N) is 4. The Balaban J connectivity index is 0. The van der Waals surface area contributed by atoms with E-state index in [-0.39, 0.29) is 52.4 Å². The molecule has 0 aliphatic rings. The maximum absolute atomic E-state index is 10.6. The van der Waals surface area contributed by atoms with E-state index in [0.29, 0.717) is 77.5 Å². The summed E-state index contributed by atoms with van der Waals surface area (Å²) in [6, 6.07) is 0. The zero-order chi connectivity index (χ0) is 37.1. The summed E-state index contributed by atoms with van der Waals surface area (Å²) in [6.07, 6.45) is 5.29. The minimum Gasteiger partial charge on any atom is -0.480 e. The standard InChI is InChI=1S/2C14H24N2O8/c2*17-11(18)7-15(8-12(19)20)5-3-1-2-4-6-16(9-13(21)22)10-14(23)24/h2*1-10H2,(H,17,18)(H,19,20)(H,21,22)(H,23,24). The molecule has 0 radical (unpaired) electrons. The van der Waals surface area contributed by atoms with Gasteiger partial charge in [-0.1, -0.05) is 25.7 Å². The van der Waals surface area contributed by atoms with E-state index in [0.717, 1.165) is 0 Å². The van der Waals surface area contributed by atoms with Crippen LogP contribution in [0.2, 0.25) is 0 Å². The van der Waals surface area contributed by atoms with Crippen molar-refractivity contribution in [1.82, 2.24) is 19.6 Å². The molecule has 0 rings (SSSR count). The molecular weight excluding hydrogens is 648 g/mol. The summed E-state index contributed by atoms with van der Waals surface area (Å²) >= 11 is 0. The summed E-state index contributed by atoms with van der Waals surface area (Å²) in [4.78, 5) is 90.4. The van der Waals surface area contributed by atoms with Gasteiger partial charge in [-0.3, -0.25) is 58.0 Å². The van der Waals surface area contributed by atoms with E-state index in [4.69, 9.17) is 40.9 Å². The van der Waals surface area contributed by atoms with Crippen LogP contribution in [-0.2, 0) is 38.4 Å². The Morgan fingerprint density at radius 2 is 0.375 bits per heavy atom. The SMILES string of the molecule is O=C(O)CN(CCCCCCN(CC(=O)O)CC(=O)O)CC(=O)O.O=C(O)CN(CCCCCCN(CC(=O)O)CC(=O)O)CC(=O)O. The maximum atomic E-state index is 10.6. The van der Waals surface area contributed by atoms with E-state index >= 15 is 0 Å². The number of unbranched alkanes of at least 4 members (excludes halogenated alkanes) is 6. The van der Waals surface area contributed by atoms with E-state index < -0.39 is 47.8 Å². The van der Waals surface area contributed by atoms with E-state index in [1.165, 1.54) is 19.6 Å². The summed E-state index contributed by atoms with van der Waals surface area (Å²) in [5, 5.41) is 69.7. The molecule has 0 aliphatic heterocycles. The van der Waals surface area contributed by atoms with Crippen molar-refractivity contribution < 1.29 is 79.2 Å². The molecule has 20 nitrogen and oxygen atoms in total. The summed E-state index contributed by atoms with van der Waals surface area (Å²) in [5.41, 5.74) is 0. The smallest absolute Gasteiger partial charge is 0.317 e. The zero-order valence-corrected chi connectivity index (χ0v) is 26.8. The van der Waals surface area contributed by atoms with Gasteiger partial charge in [-0.15, -0.1) is 0 Å². The highest BCUT2D eigenvalue weighted by Gasteiger charge is 2.16. The highest BCUT2D eigenvalue weighted by atomic mass is 16.4. The molecule has 0 heterocycles. The van der Waals surface area contributed by atoms with Crippen molar-refractivity contribution in [3.05, 3.63) is 0 Å². The predicted octanol–water partition coefficient (Wildman–Crippen LogP) is -1.02. The first-order chi connectivity index (χ1) is 22.4. The molecule has 0 saturated heterocycles. The van der Waals surface area contributed by atoms with Gasteiger partial charge in [-0.2, -0.15) is 0 Å². The third-order valence-corrected chi connectivity index (χ3v) is 6.27. The fraction of sp³-hybridized carbons (Fsp3) is 0.714. The molecule has 0 atom stereocenters. The van der Waals surface area contributed by atoms with E-state index in [1.807, 2.05) is 0 Å². The molecule has 0 amide bonds. The molecule has 0 aromatic rings. The Morgan fingerprint density at radius 3 is 0.479 bits per heavy atom. The number of carboxylic acids is 8. The van der Waals surface area contributed by atoms with Crippen molar-refractivity contribution >= 4 is 47.8 Å². The van der Waals surface area contributed by atoms with Crippen molar-refractivity contribution in [3.8, 4) is 0 Å². The molecule has 0 spiro atoms. The van der Waals surface area contributed by atoms with Crippen molar-refractivity contribution in [1.29, 1.82) is 0 Å². The van der Waals surface area contributed by atoms with Gasteiger partial charge in [-0.05, 0) is 51.9 Å². The van der Waals surface area contributed by atoms with E-state index in [2.05, 4.69) is 0 Å². The number of carbonyl (C=O) groups is 8. The van der Waals surface area contributed by atoms with Crippen LogP contribution in [0.1, 0.15) is 51.4 Å². The molecule has 276 valence electrons. The topological polar surface area (TPSA) is 311 Å². The Morgan fingerprint density at radius 1 is 0.250 bits per heavy atom. The van der Waals surface area contributed by atoms with Gasteiger partial charge in [0.05, 0.1) is 52.4 Å². The summed E-state index contributed by atoms with van der Waals surface area (Å²) in [6.45, 7) is -1.33. The number of hydrogen-bond donors (Lipinski definition) is 8. The number of hydrogen-bond acceptors (Lipinski definition) is 12. The monoisotopic (exact) mass is 696 g/mol. The lowest BCUT2D eigenvalue weighted by Crippen LogP contribution is -2.35. The minimum atomic E-state index is -1.09. The van der Waals surface area contributed by atoms with E-state index in [1.54, 1.807) is 0 Å². The van der Waals surface area contributed by atoms with Crippen LogP contribution in [0.3, 0.4) is 0 Å². The van der Waals surface area contributed by atoms with Gasteiger partial charge in [0.15, 0.2) is 0 Å². The molecule has 0 aromatic heterocycles. The number of rotatable bonds is 30. The van der Waals surface area contributed by atoms with Crippen LogP contribution >= 0.6 is 0 Å². The quantitative estimate of drug-likeness (QED) is 0.0417. The molecule has 48 heavy (non-hydrogen) atoms. The van der Waals surface area contributed by atoms with Crippen molar-refractivity contribution in [3.63, 3.8) is 0 Å². The highest BCUT2D eigenvalue weighted by Crippen LogP contribution is 2.05. The minimum absolute atomic E-state index is 0.336. The van der Waals surface area contributed by atoms with Gasteiger partial charge >= 0.3 is 47.8 Å². The molecule has 0 aliphatic carbocycles. The van der Waals surface area contributed by atoms with Crippen LogP contribution in [0.25, 0.3) is 0 Å². The first-order valence-corrected chi connectivity index (χ1v) is 15.0. The molecule has 0 aromatic carbocycles. The molecule has 0 fully saturated rings. The van der Waals surface area contributed by atoms with Crippen LogP contribution in [-0.4, -0.2) is 187 Å². The lowest BCUT2D eigenvalue weighted by molar-refractivity contribution is -0.143. The van der Waals surface area contributed by atoms with Crippen LogP contribution in [0.5, 0.6) is 0 Å². The second kappa shape index (κ2) is 27.7. The summed E-state index contributed by atoms with van der Waals surface area (Å²) in [5.74, 6) is -8.71. The number of aliphatic carboxylic acids is 8. The first-order valence-electron chi connectivity index (χ1n) is 15.0. The third kappa shape index (κ3) is 33.0. The fourth-order valence-corrected chi connectivity index (χ4v) is 4.44. The lowest BCUT2D eigenvalue weighted by atomic mass is 10.1. The van der Waals surface area contributed by atoms with Gasteiger partial charge in [0, 0.05) is 0 Å². The molecule has 8 N–H and O–H groups in total. The second-order valence-corrected chi connectivity index (χ2v) is 10.8. The Kier molecular flexibility index (Phi) is 26.4. The third-order valence-electron chi connectivity index (χ3n) is 6.27. The van der Waals surface area contributed by atoms with Gasteiger partial charge in [0.25, 0.3) is 0 Å². The van der Waals surface area contributed by atoms with Crippen LogP contribution in [0, 0.1) is 0 Å². The predicted molar refractivity (Wildman–Crippen MR) is 164 cm³/mol. The van der Waals surface area contributed by atoms with Crippen molar-refractivity contribution in [2.45, 2.75) is 51.4 Å². The lowest BCUT2D eigenvalue weighted by Gasteiger charge is -2.19. The van der Waals surface area contributed by atoms with Gasteiger partial charge in [0.1, 0.15) is 0 Å². The van der Waals surface area contributed by atoms with Gasteiger partial charge < -0.3 is 40.9 Å². The molecular formula is C28H48N4O16. The molecule has 0 unspecified atom stereocenters. The van der Waals surface area contributed by atoms with Crippen LogP contribution < -0.4 is 0 Å². The zero-order valence-electron chi connectivity index (χ0n) is 26.8. The average molecular weight is 697 g/mol. The fourth-order valence-electron chi connectivity index (χ4n) is 4.44. The second-order valence-electron chi connectivity index (χ2n) is 10.8. The summed E-state index contributed by atoms with van der Waals surface area (Å²) < 4.78 is 0. The Hall–Kier alpha value is -4.40. The Bertz CT molecular complexity index is 817. The van der Waals surface area contributed by atoms with Crippen molar-refractivity contribution in [2.24, 2.45) is 0 Å². The molecule has 0 bridgehead atoms. The van der Waals surface area contributed by atoms with E-state index in [9.17, 15) is 38.4 Å². The molecule has 0 saturated carbocycles. The number of carboxylic acid groups (broad SMARTS) is 8. The van der Waals surface area contributed by atoms with Crippen LogP contribution in [0.4, 0.5) is 0 Å². The first kappa shape index (κ1) is 45.7. The van der Waals surface area contributed by atoms with Crippen LogP contribution in [0.15, 0.2) is 0 Å². The van der Waals surface area contributed by atoms with Gasteiger partial charge in [-0.25, -0.2) is 0 Å². The average Bonchev–Trinajstić information content (AvgIpc) is 2.89. The Labute approximate surface area is 276 Å². The van der Waals surface area contributed by atoms with Crippen molar-refractivity contribution in [2.75, 3.05) is 78.5 Å².